The molecule has 104 valence electrons. The Balaban J connectivity index is 0. The predicted octanol–water partition coefficient (Wildman–Crippen LogP) is 1.94. The average molecular weight is 249 g/mol. The molecule has 0 aromatic carbocycles. The number of nitrogens with one attached hydrogen (secondary N) is 1. The van der Waals surface area contributed by atoms with Crippen LogP contribution in [0.4, 0.5) is 4.79 Å². The van der Waals surface area contributed by atoms with Crippen LogP contribution < -0.4 is 5.32 Å². The van der Waals surface area contributed by atoms with Crippen LogP contribution in [0.25, 0.3) is 0 Å². The smallest absolute Gasteiger partial charge is 0.407 e. The minimum Gasteiger partial charge on any atom is -0.444 e. The number of carbonyl (C=O) groups excluding carboxylic acids is 1. The molecule has 0 radical (unpaired) electrons. The summed E-state index contributed by atoms with van der Waals surface area (Å²) in [5, 5.41) is 10.6. The molecule has 2 N–H and O–H groups in total. The second-order valence-electron chi connectivity index (χ2n) is 4.44. The fourth-order valence-electron chi connectivity index (χ4n) is 0.742. The van der Waals surface area contributed by atoms with E-state index in [1.54, 1.807) is 0 Å². The number of aliphatic hydroxyl groups is 1. The van der Waals surface area contributed by atoms with Crippen LogP contribution in [-0.4, -0.2) is 43.7 Å². The molecule has 17 heavy (non-hydrogen) atoms. The van der Waals surface area contributed by atoms with E-state index in [-0.39, 0.29) is 18.3 Å². The Hall–Kier alpha value is -0.810. The summed E-state index contributed by atoms with van der Waals surface area (Å²) in [4.78, 5) is 10.5. The summed E-state index contributed by atoms with van der Waals surface area (Å²) < 4.78 is 9.81. The number of aliphatic hydroxyl groups excluding tert-OH is 1. The first-order valence-corrected chi connectivity index (χ1v) is 5.96. The molecule has 0 aromatic heterocycles. The summed E-state index contributed by atoms with van der Waals surface area (Å²) >= 11 is 0. The van der Waals surface area contributed by atoms with Gasteiger partial charge in [-0.3, -0.25) is 0 Å². The summed E-state index contributed by atoms with van der Waals surface area (Å²) in [7, 11) is 1.54. The Kier molecular flexibility index (Phi) is 12.7. The normalized spacial score (nSPS) is 10.2. The lowest BCUT2D eigenvalue weighted by molar-refractivity contribution is 0.0541. The third kappa shape index (κ3) is 21.1. The number of hydrogen-bond donors (Lipinski definition) is 2. The Morgan fingerprint density at radius 1 is 1.29 bits per heavy atom. The topological polar surface area (TPSA) is 67.8 Å². The van der Waals surface area contributed by atoms with E-state index in [1.165, 1.54) is 7.05 Å². The van der Waals surface area contributed by atoms with Crippen LogP contribution in [0.15, 0.2) is 0 Å². The SMILES string of the molecule is CCCCOCCO.CNC(=O)OC(C)(C)C. The van der Waals surface area contributed by atoms with Gasteiger partial charge in [-0.1, -0.05) is 13.3 Å². The van der Waals surface area contributed by atoms with Crippen LogP contribution in [0.1, 0.15) is 40.5 Å². The van der Waals surface area contributed by atoms with Gasteiger partial charge in [0.05, 0.1) is 13.2 Å². The molecule has 5 nitrogen and oxygen atoms in total. The fourth-order valence-corrected chi connectivity index (χ4v) is 0.742. The van der Waals surface area contributed by atoms with E-state index in [0.29, 0.717) is 6.61 Å². The highest BCUT2D eigenvalue weighted by Gasteiger charge is 2.13. The minimum absolute atomic E-state index is 0.143. The van der Waals surface area contributed by atoms with Crippen LogP contribution in [-0.2, 0) is 9.47 Å². The van der Waals surface area contributed by atoms with E-state index in [1.807, 2.05) is 20.8 Å². The molecule has 0 heterocycles. The summed E-state index contributed by atoms with van der Waals surface area (Å²) in [6.07, 6.45) is 1.87. The molecule has 0 spiro atoms. The Bertz CT molecular complexity index is 172. The van der Waals surface area contributed by atoms with E-state index < -0.39 is 0 Å². The van der Waals surface area contributed by atoms with Gasteiger partial charge in [0, 0.05) is 13.7 Å². The van der Waals surface area contributed by atoms with Crippen molar-refractivity contribution in [2.24, 2.45) is 0 Å². The standard InChI is InChI=1S/C6H13NO2.C6H14O2/c1-6(2,3)9-5(8)7-4;1-2-3-5-8-6-4-7/h1-4H3,(H,7,8);7H,2-6H2,1H3. The Labute approximate surface area is 104 Å². The predicted molar refractivity (Wildman–Crippen MR) is 68.1 cm³/mol. The van der Waals surface area contributed by atoms with Gasteiger partial charge < -0.3 is 19.9 Å². The molecular formula is C12H27NO4. The van der Waals surface area contributed by atoms with E-state index in [9.17, 15) is 4.79 Å². The van der Waals surface area contributed by atoms with Gasteiger partial charge in [0.2, 0.25) is 0 Å². The van der Waals surface area contributed by atoms with Gasteiger partial charge >= 0.3 is 6.09 Å². The Morgan fingerprint density at radius 2 is 1.88 bits per heavy atom. The van der Waals surface area contributed by atoms with Gasteiger partial charge in [-0.25, -0.2) is 4.79 Å². The summed E-state index contributed by atoms with van der Waals surface area (Å²) in [5.74, 6) is 0. The zero-order chi connectivity index (χ0) is 13.7. The largest absolute Gasteiger partial charge is 0.444 e. The van der Waals surface area contributed by atoms with E-state index in [4.69, 9.17) is 14.6 Å². The molecule has 5 heteroatoms. The van der Waals surface area contributed by atoms with Crippen molar-refractivity contribution >= 4 is 6.09 Å². The van der Waals surface area contributed by atoms with Crippen LogP contribution >= 0.6 is 0 Å². The van der Waals surface area contributed by atoms with Crippen molar-refractivity contribution in [3.05, 3.63) is 0 Å². The molecule has 0 aliphatic heterocycles. The van der Waals surface area contributed by atoms with Crippen molar-refractivity contribution in [1.29, 1.82) is 0 Å². The summed E-state index contributed by atoms with van der Waals surface area (Å²) in [6.45, 7) is 9.00. The molecule has 0 atom stereocenters. The molecule has 0 rings (SSSR count). The van der Waals surface area contributed by atoms with Crippen LogP contribution in [0.3, 0.4) is 0 Å². The number of alkyl carbamates (subject to hydrolysis) is 1. The summed E-state index contributed by atoms with van der Waals surface area (Å²) in [5.41, 5.74) is -0.389. The molecule has 0 aliphatic carbocycles. The molecule has 1 amide bonds. The number of unbranched alkanes of at least 4 members (excludes halogenated alkanes) is 1. The molecule has 0 unspecified atom stereocenters. The number of hydrogen-bond acceptors (Lipinski definition) is 4. The zero-order valence-corrected chi connectivity index (χ0v) is 11.7. The molecule has 0 aliphatic rings. The number of ether oxygens (including phenoxy) is 2. The third-order valence-electron chi connectivity index (χ3n) is 1.48. The summed E-state index contributed by atoms with van der Waals surface area (Å²) in [6, 6.07) is 0. The van der Waals surface area contributed by atoms with Gasteiger partial charge in [-0.05, 0) is 27.2 Å². The molecule has 0 saturated carbocycles. The maximum absolute atomic E-state index is 10.5. The molecule has 0 fully saturated rings. The lowest BCUT2D eigenvalue weighted by Gasteiger charge is -2.18. The first kappa shape index (κ1) is 18.6. The second kappa shape index (κ2) is 11.7. The highest BCUT2D eigenvalue weighted by atomic mass is 16.6. The lowest BCUT2D eigenvalue weighted by Crippen LogP contribution is -2.30. The molecule has 0 bridgehead atoms. The van der Waals surface area contributed by atoms with Crippen molar-refractivity contribution in [2.45, 2.75) is 46.1 Å². The minimum atomic E-state index is -0.389. The average Bonchev–Trinajstić information content (AvgIpc) is 2.23. The second-order valence-corrected chi connectivity index (χ2v) is 4.44. The number of amides is 1. The maximum atomic E-state index is 10.5. The van der Waals surface area contributed by atoms with E-state index in [2.05, 4.69) is 12.2 Å². The van der Waals surface area contributed by atoms with Crippen LogP contribution in [0, 0.1) is 0 Å². The molecular weight excluding hydrogens is 222 g/mol. The van der Waals surface area contributed by atoms with Crippen molar-refractivity contribution in [2.75, 3.05) is 26.9 Å². The number of carbonyl (C=O) groups is 1. The van der Waals surface area contributed by atoms with Gasteiger partial charge in [-0.15, -0.1) is 0 Å². The molecule has 0 aromatic rings. The van der Waals surface area contributed by atoms with Gasteiger partial charge in [-0.2, -0.15) is 0 Å². The monoisotopic (exact) mass is 249 g/mol. The van der Waals surface area contributed by atoms with Crippen LogP contribution in [0.5, 0.6) is 0 Å². The van der Waals surface area contributed by atoms with Crippen molar-refractivity contribution in [3.8, 4) is 0 Å². The first-order valence-electron chi connectivity index (χ1n) is 5.96. The quantitative estimate of drug-likeness (QED) is 0.731. The third-order valence-corrected chi connectivity index (χ3v) is 1.48. The molecule has 0 saturated heterocycles. The number of rotatable bonds is 5. The Morgan fingerprint density at radius 3 is 2.18 bits per heavy atom. The van der Waals surface area contributed by atoms with E-state index >= 15 is 0 Å². The zero-order valence-electron chi connectivity index (χ0n) is 11.7. The van der Waals surface area contributed by atoms with E-state index in [0.717, 1.165) is 19.4 Å². The highest BCUT2D eigenvalue weighted by molar-refractivity contribution is 5.67. The van der Waals surface area contributed by atoms with Gasteiger partial charge in [0.1, 0.15) is 5.60 Å². The van der Waals surface area contributed by atoms with Crippen molar-refractivity contribution in [1.82, 2.24) is 5.32 Å². The first-order chi connectivity index (χ1) is 7.87. The van der Waals surface area contributed by atoms with Crippen molar-refractivity contribution in [3.63, 3.8) is 0 Å². The van der Waals surface area contributed by atoms with Gasteiger partial charge in [0.25, 0.3) is 0 Å². The van der Waals surface area contributed by atoms with Gasteiger partial charge in [0.15, 0.2) is 0 Å². The van der Waals surface area contributed by atoms with Crippen molar-refractivity contribution < 1.29 is 19.4 Å². The lowest BCUT2D eigenvalue weighted by atomic mass is 10.2. The fraction of sp³-hybridized carbons (Fsp3) is 0.917. The maximum Gasteiger partial charge on any atom is 0.407 e. The highest BCUT2D eigenvalue weighted by Crippen LogP contribution is 2.05. The van der Waals surface area contributed by atoms with Crippen LogP contribution in [0.2, 0.25) is 0 Å².